The van der Waals surface area contributed by atoms with Gasteiger partial charge in [-0.15, -0.1) is 0 Å². The van der Waals surface area contributed by atoms with Gasteiger partial charge in [0.05, 0.1) is 11.8 Å². The van der Waals surface area contributed by atoms with E-state index in [2.05, 4.69) is 4.72 Å². The van der Waals surface area contributed by atoms with E-state index in [9.17, 15) is 22.0 Å². The first-order valence-electron chi connectivity index (χ1n) is 9.97. The van der Waals surface area contributed by atoms with Crippen molar-refractivity contribution in [3.63, 3.8) is 0 Å². The number of hydrogen-bond donors (Lipinski definition) is 1. The normalized spacial score (nSPS) is 26.1. The molecule has 1 aliphatic carbocycles. The number of nitrogens with one attached hydrogen (secondary N) is 1. The number of sulfonamides is 1. The maximum absolute atomic E-state index is 14.4. The lowest BCUT2D eigenvalue weighted by atomic mass is 9.95. The highest BCUT2D eigenvalue weighted by Crippen LogP contribution is 2.52. The Labute approximate surface area is 175 Å². The van der Waals surface area contributed by atoms with Gasteiger partial charge in [-0.25, -0.2) is 21.9 Å². The van der Waals surface area contributed by atoms with Gasteiger partial charge in [0, 0.05) is 24.5 Å². The fourth-order valence-electron chi connectivity index (χ4n) is 4.55. The molecule has 1 saturated carbocycles. The second kappa shape index (κ2) is 7.74. The van der Waals surface area contributed by atoms with E-state index >= 15 is 0 Å². The zero-order valence-electron chi connectivity index (χ0n) is 16.8. The molecule has 1 saturated heterocycles. The van der Waals surface area contributed by atoms with Crippen LogP contribution in [0.1, 0.15) is 31.2 Å². The fourth-order valence-corrected chi connectivity index (χ4v) is 5.33. The van der Waals surface area contributed by atoms with Gasteiger partial charge in [-0.05, 0) is 48.9 Å². The maximum Gasteiger partial charge on any atom is 0.226 e. The average molecular weight is 435 g/mol. The molecule has 1 heterocycles. The summed E-state index contributed by atoms with van der Waals surface area (Å²) in [4.78, 5) is 14.8. The molecular weight excluding hydrogens is 410 g/mol. The minimum atomic E-state index is -3.34. The van der Waals surface area contributed by atoms with Gasteiger partial charge >= 0.3 is 0 Å². The molecular formula is C22H24F2N2O3S. The van der Waals surface area contributed by atoms with Crippen LogP contribution in [0.3, 0.4) is 0 Å². The van der Waals surface area contributed by atoms with E-state index in [0.29, 0.717) is 24.9 Å². The molecule has 0 bridgehead atoms. The number of halogens is 2. The Kier molecular flexibility index (Phi) is 5.40. The minimum Gasteiger partial charge on any atom is -0.338 e. The van der Waals surface area contributed by atoms with Crippen molar-refractivity contribution in [3.05, 3.63) is 59.7 Å². The van der Waals surface area contributed by atoms with Gasteiger partial charge in [0.25, 0.3) is 0 Å². The van der Waals surface area contributed by atoms with Crippen LogP contribution >= 0.6 is 0 Å². The number of carbonyl (C=O) groups excluding carboxylic acids is 1. The van der Waals surface area contributed by atoms with Gasteiger partial charge in [0.1, 0.15) is 11.6 Å². The summed E-state index contributed by atoms with van der Waals surface area (Å²) in [6.45, 7) is 2.24. The number of rotatable bonds is 5. The molecule has 0 unspecified atom stereocenters. The highest BCUT2D eigenvalue weighted by atomic mass is 32.2. The third-order valence-corrected chi connectivity index (χ3v) is 6.70. The van der Waals surface area contributed by atoms with E-state index in [1.165, 1.54) is 18.2 Å². The Hall–Kier alpha value is -2.32. The van der Waals surface area contributed by atoms with E-state index < -0.39 is 21.7 Å². The number of carbonyl (C=O) groups is 1. The molecule has 2 aromatic rings. The second-order valence-electron chi connectivity index (χ2n) is 8.29. The predicted molar refractivity (Wildman–Crippen MR) is 110 cm³/mol. The zero-order valence-corrected chi connectivity index (χ0v) is 17.6. The fraction of sp³-hybridized carbons (Fsp3) is 0.409. The molecule has 8 heteroatoms. The van der Waals surface area contributed by atoms with Crippen molar-refractivity contribution >= 4 is 15.9 Å². The van der Waals surface area contributed by atoms with Crippen LogP contribution < -0.4 is 4.72 Å². The van der Waals surface area contributed by atoms with Crippen molar-refractivity contribution < 1.29 is 22.0 Å². The molecule has 160 valence electrons. The number of benzene rings is 2. The minimum absolute atomic E-state index is 0.0332. The van der Waals surface area contributed by atoms with Gasteiger partial charge in [-0.3, -0.25) is 4.79 Å². The molecule has 1 amide bonds. The van der Waals surface area contributed by atoms with Crippen LogP contribution in [-0.2, 0) is 14.8 Å². The lowest BCUT2D eigenvalue weighted by Crippen LogP contribution is -2.39. The Morgan fingerprint density at radius 2 is 1.73 bits per heavy atom. The number of likely N-dealkylation sites (tertiary alicyclic amines) is 1. The van der Waals surface area contributed by atoms with Crippen LogP contribution in [0.15, 0.2) is 42.5 Å². The first-order chi connectivity index (χ1) is 14.2. The van der Waals surface area contributed by atoms with Gasteiger partial charge in [0.2, 0.25) is 15.9 Å². The summed E-state index contributed by atoms with van der Waals surface area (Å²) in [5.74, 6) is -1.67. The molecule has 1 aliphatic heterocycles. The van der Waals surface area contributed by atoms with Crippen molar-refractivity contribution in [1.29, 1.82) is 0 Å². The van der Waals surface area contributed by atoms with Crippen LogP contribution in [0.25, 0.3) is 11.1 Å². The monoisotopic (exact) mass is 434 g/mol. The molecule has 0 aromatic heterocycles. The van der Waals surface area contributed by atoms with Crippen molar-refractivity contribution in [3.8, 4) is 11.1 Å². The van der Waals surface area contributed by atoms with E-state index in [-0.39, 0.29) is 35.4 Å². The van der Waals surface area contributed by atoms with Crippen LogP contribution in [0.5, 0.6) is 0 Å². The van der Waals surface area contributed by atoms with Gasteiger partial charge < -0.3 is 4.90 Å². The molecule has 2 aromatic carbocycles. The van der Waals surface area contributed by atoms with Crippen molar-refractivity contribution in [2.24, 2.45) is 5.92 Å². The summed E-state index contributed by atoms with van der Waals surface area (Å²) in [6.07, 6.45) is 2.28. The topological polar surface area (TPSA) is 66.5 Å². The SMILES string of the molecule is C[C@@H]1C[C@H](NS(C)(=O)=O)CN1C(=O)[C@@H]1C[C@H]1c1ccccc1-c1c(F)cccc1F. The highest BCUT2D eigenvalue weighted by molar-refractivity contribution is 7.88. The van der Waals surface area contributed by atoms with E-state index in [1.54, 1.807) is 17.0 Å². The lowest BCUT2D eigenvalue weighted by molar-refractivity contribution is -0.133. The summed E-state index contributed by atoms with van der Waals surface area (Å²) in [6, 6.07) is 10.5. The van der Waals surface area contributed by atoms with Gasteiger partial charge in [-0.2, -0.15) is 0 Å². The number of nitrogens with zero attached hydrogens (tertiary/aromatic N) is 1. The van der Waals surface area contributed by atoms with Crippen LogP contribution in [0.2, 0.25) is 0 Å². The van der Waals surface area contributed by atoms with Crippen molar-refractivity contribution in [2.45, 2.75) is 37.8 Å². The molecule has 0 spiro atoms. The smallest absolute Gasteiger partial charge is 0.226 e. The molecule has 0 radical (unpaired) electrons. The Morgan fingerprint density at radius 1 is 1.07 bits per heavy atom. The molecule has 4 rings (SSSR count). The molecule has 2 aliphatic rings. The van der Waals surface area contributed by atoms with Crippen molar-refractivity contribution in [1.82, 2.24) is 9.62 Å². The lowest BCUT2D eigenvalue weighted by Gasteiger charge is -2.22. The third-order valence-electron chi connectivity index (χ3n) is 5.94. The maximum atomic E-state index is 14.4. The average Bonchev–Trinajstić information content (AvgIpc) is 3.37. The number of hydrogen-bond acceptors (Lipinski definition) is 3. The standard InChI is InChI=1S/C22H24F2N2O3S/c1-13-10-14(25-30(2,28)29)12-26(13)22(27)18-11-17(18)15-6-3-4-7-16(15)21-19(23)8-5-9-20(21)24/h3-9,13-14,17-18,25H,10-12H2,1-2H3/t13-,14+,17+,18-/m1/s1. The van der Waals surface area contributed by atoms with Gasteiger partial charge in [0.15, 0.2) is 0 Å². The Bertz CT molecular complexity index is 1070. The predicted octanol–water partition coefficient (Wildman–Crippen LogP) is 3.27. The summed E-state index contributed by atoms with van der Waals surface area (Å²) in [5, 5.41) is 0. The molecule has 4 atom stereocenters. The first-order valence-corrected chi connectivity index (χ1v) is 11.9. The molecule has 30 heavy (non-hydrogen) atoms. The van der Waals surface area contributed by atoms with Crippen LogP contribution in [0, 0.1) is 17.6 Å². The molecule has 5 nitrogen and oxygen atoms in total. The van der Waals surface area contributed by atoms with Gasteiger partial charge in [-0.1, -0.05) is 30.3 Å². The summed E-state index contributed by atoms with van der Waals surface area (Å²) in [7, 11) is -3.34. The molecule has 2 fully saturated rings. The largest absolute Gasteiger partial charge is 0.338 e. The van der Waals surface area contributed by atoms with Crippen molar-refractivity contribution in [2.75, 3.05) is 12.8 Å². The third kappa shape index (κ3) is 4.11. The summed E-state index contributed by atoms with van der Waals surface area (Å²) >= 11 is 0. The Morgan fingerprint density at radius 3 is 2.40 bits per heavy atom. The van der Waals surface area contributed by atoms with E-state index in [0.717, 1.165) is 11.8 Å². The van der Waals surface area contributed by atoms with Crippen LogP contribution in [-0.4, -0.2) is 44.1 Å². The van der Waals surface area contributed by atoms with E-state index in [1.807, 2.05) is 19.1 Å². The first kappa shape index (κ1) is 20.9. The second-order valence-corrected chi connectivity index (χ2v) is 10.1. The molecule has 1 N–H and O–H groups in total. The summed E-state index contributed by atoms with van der Waals surface area (Å²) in [5.41, 5.74) is 1.16. The highest BCUT2D eigenvalue weighted by Gasteiger charge is 2.49. The quantitative estimate of drug-likeness (QED) is 0.786. The Balaban J connectivity index is 1.54. The number of amides is 1. The summed E-state index contributed by atoms with van der Waals surface area (Å²) < 4.78 is 54.3. The zero-order chi connectivity index (χ0) is 21.6. The van der Waals surface area contributed by atoms with E-state index in [4.69, 9.17) is 0 Å². The van der Waals surface area contributed by atoms with Crippen LogP contribution in [0.4, 0.5) is 8.78 Å².